The molecular formula is C15H21NO2. The second-order valence-corrected chi connectivity index (χ2v) is 4.84. The van der Waals surface area contributed by atoms with Crippen molar-refractivity contribution in [3.05, 3.63) is 35.9 Å². The number of hydrogen-bond acceptors (Lipinski definition) is 3. The van der Waals surface area contributed by atoms with Gasteiger partial charge in [-0.15, -0.1) is 0 Å². The van der Waals surface area contributed by atoms with Gasteiger partial charge in [-0.3, -0.25) is 9.69 Å². The van der Waals surface area contributed by atoms with Gasteiger partial charge in [-0.05, 0) is 32.4 Å². The standard InChI is InChI=1S/C15H21NO2/c1-3-18-15(17)14-9-10-16(12(14)2)11-13-7-5-4-6-8-13/h4-8,12,14H,3,9-11H2,1-2H3. The van der Waals surface area contributed by atoms with Crippen LogP contribution in [0.15, 0.2) is 30.3 Å². The zero-order valence-corrected chi connectivity index (χ0v) is 11.1. The Labute approximate surface area is 109 Å². The molecule has 1 aromatic carbocycles. The van der Waals surface area contributed by atoms with E-state index in [-0.39, 0.29) is 17.9 Å². The Morgan fingerprint density at radius 1 is 1.39 bits per heavy atom. The van der Waals surface area contributed by atoms with E-state index in [0.29, 0.717) is 6.61 Å². The average Bonchev–Trinajstić information content (AvgIpc) is 2.73. The molecule has 0 radical (unpaired) electrons. The predicted molar refractivity (Wildman–Crippen MR) is 71.1 cm³/mol. The van der Waals surface area contributed by atoms with Gasteiger partial charge in [-0.2, -0.15) is 0 Å². The van der Waals surface area contributed by atoms with Crippen molar-refractivity contribution in [2.24, 2.45) is 5.92 Å². The van der Waals surface area contributed by atoms with Crippen LogP contribution in [0.3, 0.4) is 0 Å². The molecule has 1 heterocycles. The van der Waals surface area contributed by atoms with Crippen LogP contribution in [-0.2, 0) is 16.1 Å². The number of nitrogens with zero attached hydrogens (tertiary/aromatic N) is 1. The summed E-state index contributed by atoms with van der Waals surface area (Å²) in [4.78, 5) is 14.2. The van der Waals surface area contributed by atoms with E-state index in [4.69, 9.17) is 4.74 Å². The van der Waals surface area contributed by atoms with Crippen LogP contribution in [0.1, 0.15) is 25.8 Å². The normalized spacial score (nSPS) is 24.1. The monoisotopic (exact) mass is 247 g/mol. The molecule has 2 atom stereocenters. The van der Waals surface area contributed by atoms with Gasteiger partial charge in [0, 0.05) is 12.6 Å². The molecule has 0 aromatic heterocycles. The minimum atomic E-state index is -0.0411. The lowest BCUT2D eigenvalue weighted by atomic mass is 10.0. The molecule has 0 saturated carbocycles. The molecule has 0 amide bonds. The van der Waals surface area contributed by atoms with Gasteiger partial charge in [0.1, 0.15) is 0 Å². The summed E-state index contributed by atoms with van der Waals surface area (Å²) in [6.07, 6.45) is 0.910. The Hall–Kier alpha value is -1.35. The van der Waals surface area contributed by atoms with Crippen molar-refractivity contribution >= 4 is 5.97 Å². The van der Waals surface area contributed by atoms with Crippen LogP contribution < -0.4 is 0 Å². The smallest absolute Gasteiger partial charge is 0.310 e. The summed E-state index contributed by atoms with van der Waals surface area (Å²) in [7, 11) is 0. The number of ether oxygens (including phenoxy) is 1. The molecular weight excluding hydrogens is 226 g/mol. The lowest BCUT2D eigenvalue weighted by molar-refractivity contribution is -0.148. The van der Waals surface area contributed by atoms with Crippen LogP contribution in [0.2, 0.25) is 0 Å². The molecule has 0 bridgehead atoms. The van der Waals surface area contributed by atoms with Gasteiger partial charge in [-0.25, -0.2) is 0 Å². The predicted octanol–water partition coefficient (Wildman–Crippen LogP) is 2.46. The third kappa shape index (κ3) is 2.91. The molecule has 3 heteroatoms. The first-order valence-electron chi connectivity index (χ1n) is 6.67. The van der Waals surface area contributed by atoms with Crippen molar-refractivity contribution in [1.82, 2.24) is 4.90 Å². The Balaban J connectivity index is 1.95. The van der Waals surface area contributed by atoms with Crippen molar-refractivity contribution in [2.45, 2.75) is 32.9 Å². The van der Waals surface area contributed by atoms with E-state index in [2.05, 4.69) is 36.1 Å². The van der Waals surface area contributed by atoms with E-state index in [1.807, 2.05) is 13.0 Å². The van der Waals surface area contributed by atoms with Crippen molar-refractivity contribution < 1.29 is 9.53 Å². The van der Waals surface area contributed by atoms with E-state index >= 15 is 0 Å². The van der Waals surface area contributed by atoms with Crippen molar-refractivity contribution in [3.63, 3.8) is 0 Å². The van der Waals surface area contributed by atoms with E-state index in [9.17, 15) is 4.79 Å². The molecule has 0 aliphatic carbocycles. The number of carbonyl (C=O) groups is 1. The second kappa shape index (κ2) is 6.01. The fourth-order valence-electron chi connectivity index (χ4n) is 2.61. The topological polar surface area (TPSA) is 29.5 Å². The number of benzene rings is 1. The highest BCUT2D eigenvalue weighted by molar-refractivity contribution is 5.73. The van der Waals surface area contributed by atoms with Gasteiger partial charge in [0.15, 0.2) is 0 Å². The van der Waals surface area contributed by atoms with Crippen molar-refractivity contribution in [1.29, 1.82) is 0 Å². The number of rotatable bonds is 4. The minimum absolute atomic E-state index is 0.0358. The Morgan fingerprint density at radius 3 is 2.78 bits per heavy atom. The molecule has 1 saturated heterocycles. The summed E-state index contributed by atoms with van der Waals surface area (Å²) in [6.45, 7) is 6.34. The fourth-order valence-corrected chi connectivity index (χ4v) is 2.61. The fraction of sp³-hybridized carbons (Fsp3) is 0.533. The molecule has 2 unspecified atom stereocenters. The number of likely N-dealkylation sites (tertiary alicyclic amines) is 1. The molecule has 1 aliphatic rings. The maximum absolute atomic E-state index is 11.8. The minimum Gasteiger partial charge on any atom is -0.466 e. The zero-order chi connectivity index (χ0) is 13.0. The van der Waals surface area contributed by atoms with Crippen LogP contribution in [0.4, 0.5) is 0 Å². The highest BCUT2D eigenvalue weighted by atomic mass is 16.5. The summed E-state index contributed by atoms with van der Waals surface area (Å²) in [5, 5.41) is 0. The third-order valence-electron chi connectivity index (χ3n) is 3.70. The SMILES string of the molecule is CCOC(=O)C1CCN(Cc2ccccc2)C1C. The lowest BCUT2D eigenvalue weighted by Crippen LogP contribution is -2.33. The molecule has 18 heavy (non-hydrogen) atoms. The first-order chi connectivity index (χ1) is 8.72. The van der Waals surface area contributed by atoms with Crippen LogP contribution in [-0.4, -0.2) is 30.1 Å². The molecule has 98 valence electrons. The summed E-state index contributed by atoms with van der Waals surface area (Å²) in [6, 6.07) is 10.7. The number of hydrogen-bond donors (Lipinski definition) is 0. The van der Waals surface area contributed by atoms with Crippen molar-refractivity contribution in [3.8, 4) is 0 Å². The quantitative estimate of drug-likeness (QED) is 0.765. The van der Waals surface area contributed by atoms with Crippen molar-refractivity contribution in [2.75, 3.05) is 13.2 Å². The Morgan fingerprint density at radius 2 is 2.11 bits per heavy atom. The lowest BCUT2D eigenvalue weighted by Gasteiger charge is -2.23. The Kier molecular flexibility index (Phi) is 4.37. The molecule has 1 aromatic rings. The summed E-state index contributed by atoms with van der Waals surface area (Å²) in [5.41, 5.74) is 1.30. The number of esters is 1. The van der Waals surface area contributed by atoms with E-state index < -0.39 is 0 Å². The molecule has 0 N–H and O–H groups in total. The molecule has 1 aliphatic heterocycles. The van der Waals surface area contributed by atoms with Gasteiger partial charge in [-0.1, -0.05) is 30.3 Å². The average molecular weight is 247 g/mol. The maximum atomic E-state index is 11.8. The molecule has 1 fully saturated rings. The molecule has 2 rings (SSSR count). The second-order valence-electron chi connectivity index (χ2n) is 4.84. The first-order valence-corrected chi connectivity index (χ1v) is 6.67. The van der Waals surface area contributed by atoms with Crippen LogP contribution >= 0.6 is 0 Å². The Bertz CT molecular complexity index is 391. The summed E-state index contributed by atoms with van der Waals surface area (Å²) in [5.74, 6) is -0.00535. The molecule has 3 nitrogen and oxygen atoms in total. The number of carbonyl (C=O) groups excluding carboxylic acids is 1. The maximum Gasteiger partial charge on any atom is 0.310 e. The van der Waals surface area contributed by atoms with Crippen LogP contribution in [0, 0.1) is 5.92 Å². The van der Waals surface area contributed by atoms with E-state index in [1.165, 1.54) is 5.56 Å². The van der Waals surface area contributed by atoms with Gasteiger partial charge < -0.3 is 4.74 Å². The highest BCUT2D eigenvalue weighted by Crippen LogP contribution is 2.26. The highest BCUT2D eigenvalue weighted by Gasteiger charge is 2.36. The van der Waals surface area contributed by atoms with Crippen LogP contribution in [0.5, 0.6) is 0 Å². The van der Waals surface area contributed by atoms with Gasteiger partial charge >= 0.3 is 5.97 Å². The van der Waals surface area contributed by atoms with Crippen LogP contribution in [0.25, 0.3) is 0 Å². The first kappa shape index (κ1) is 13.1. The summed E-state index contributed by atoms with van der Waals surface area (Å²) >= 11 is 0. The molecule has 0 spiro atoms. The largest absolute Gasteiger partial charge is 0.466 e. The third-order valence-corrected chi connectivity index (χ3v) is 3.70. The van der Waals surface area contributed by atoms with Gasteiger partial charge in [0.2, 0.25) is 0 Å². The van der Waals surface area contributed by atoms with Gasteiger partial charge in [0.25, 0.3) is 0 Å². The van der Waals surface area contributed by atoms with Gasteiger partial charge in [0.05, 0.1) is 12.5 Å². The van der Waals surface area contributed by atoms with E-state index in [1.54, 1.807) is 0 Å². The zero-order valence-electron chi connectivity index (χ0n) is 11.1. The van der Waals surface area contributed by atoms with E-state index in [0.717, 1.165) is 19.5 Å². The summed E-state index contributed by atoms with van der Waals surface area (Å²) < 4.78 is 5.13.